The third-order valence-corrected chi connectivity index (χ3v) is 3.93. The van der Waals surface area contributed by atoms with E-state index in [1.807, 2.05) is 31.2 Å². The van der Waals surface area contributed by atoms with Crippen molar-refractivity contribution in [3.8, 4) is 17.6 Å². The van der Waals surface area contributed by atoms with Crippen molar-refractivity contribution < 1.29 is 14.6 Å². The van der Waals surface area contributed by atoms with Crippen molar-refractivity contribution in [2.24, 2.45) is 0 Å². The number of halogens is 1. The largest absolute Gasteiger partial charge is 0.504 e. The molecule has 5 nitrogen and oxygen atoms in total. The van der Waals surface area contributed by atoms with Gasteiger partial charge in [-0.2, -0.15) is 5.26 Å². The number of aromatic hydroxyl groups is 1. The van der Waals surface area contributed by atoms with E-state index < -0.39 is 5.91 Å². The number of hydrogen-bond acceptors (Lipinski definition) is 4. The maximum atomic E-state index is 12.3. The van der Waals surface area contributed by atoms with Crippen LogP contribution in [0.4, 0.5) is 5.69 Å². The zero-order valence-corrected chi connectivity index (χ0v) is 14.7. The Hall–Kier alpha value is -2.78. The van der Waals surface area contributed by atoms with Gasteiger partial charge in [0.1, 0.15) is 11.6 Å². The van der Waals surface area contributed by atoms with Gasteiger partial charge in [-0.1, -0.05) is 28.1 Å². The van der Waals surface area contributed by atoms with Gasteiger partial charge in [0, 0.05) is 10.2 Å². The van der Waals surface area contributed by atoms with Crippen molar-refractivity contribution in [3.63, 3.8) is 0 Å². The maximum absolute atomic E-state index is 12.3. The molecule has 0 bridgehead atoms. The molecule has 0 saturated carbocycles. The minimum atomic E-state index is -0.512. The molecule has 1 amide bonds. The van der Waals surface area contributed by atoms with E-state index in [-0.39, 0.29) is 17.1 Å². The smallest absolute Gasteiger partial charge is 0.266 e. The second-order valence-corrected chi connectivity index (χ2v) is 5.89. The van der Waals surface area contributed by atoms with E-state index in [1.165, 1.54) is 25.3 Å². The van der Waals surface area contributed by atoms with Gasteiger partial charge in [0.15, 0.2) is 11.5 Å². The molecule has 0 aromatic heterocycles. The van der Waals surface area contributed by atoms with Crippen LogP contribution in [0, 0.1) is 18.3 Å². The molecule has 0 aliphatic rings. The molecule has 0 unspecified atom stereocenters. The summed E-state index contributed by atoms with van der Waals surface area (Å²) in [5.41, 5.74) is 2.09. The van der Waals surface area contributed by atoms with E-state index in [9.17, 15) is 15.2 Å². The van der Waals surface area contributed by atoms with E-state index in [0.717, 1.165) is 5.56 Å². The van der Waals surface area contributed by atoms with Crippen LogP contribution in [0.5, 0.6) is 11.5 Å². The average molecular weight is 387 g/mol. The number of phenols is 1. The standard InChI is InChI=1S/C18H15BrN2O3/c1-11-4-3-5-14(6-11)21-18(23)13(10-20)7-12-8-17(24-2)16(22)9-15(12)19/h3-9,22H,1-2H3,(H,21,23)/b13-7-. The summed E-state index contributed by atoms with van der Waals surface area (Å²) in [5, 5.41) is 21.7. The molecule has 2 aromatic carbocycles. The highest BCUT2D eigenvalue weighted by molar-refractivity contribution is 9.10. The number of anilines is 1. The topological polar surface area (TPSA) is 82.3 Å². The van der Waals surface area contributed by atoms with Crippen LogP contribution < -0.4 is 10.1 Å². The molecule has 24 heavy (non-hydrogen) atoms. The van der Waals surface area contributed by atoms with Crippen molar-refractivity contribution in [1.82, 2.24) is 0 Å². The zero-order chi connectivity index (χ0) is 17.7. The highest BCUT2D eigenvalue weighted by atomic mass is 79.9. The molecule has 0 atom stereocenters. The molecule has 0 fully saturated rings. The number of benzene rings is 2. The van der Waals surface area contributed by atoms with Crippen LogP contribution in [0.1, 0.15) is 11.1 Å². The van der Waals surface area contributed by atoms with Crippen molar-refractivity contribution >= 4 is 33.6 Å². The minimum Gasteiger partial charge on any atom is -0.504 e. The Balaban J connectivity index is 2.32. The highest BCUT2D eigenvalue weighted by Crippen LogP contribution is 2.33. The van der Waals surface area contributed by atoms with Crippen LogP contribution in [0.3, 0.4) is 0 Å². The average Bonchev–Trinajstić information content (AvgIpc) is 2.54. The van der Waals surface area contributed by atoms with Gasteiger partial charge in [0.05, 0.1) is 7.11 Å². The number of ether oxygens (including phenoxy) is 1. The number of nitrogens with one attached hydrogen (secondary N) is 1. The Morgan fingerprint density at radius 2 is 2.12 bits per heavy atom. The first-order chi connectivity index (χ1) is 11.4. The summed E-state index contributed by atoms with van der Waals surface area (Å²) >= 11 is 3.29. The van der Waals surface area contributed by atoms with Gasteiger partial charge in [-0.05, 0) is 48.4 Å². The molecule has 0 aliphatic carbocycles. The van der Waals surface area contributed by atoms with E-state index in [4.69, 9.17) is 4.74 Å². The number of phenolic OH excluding ortho intramolecular Hbond substituents is 1. The Labute approximate surface area is 148 Å². The summed E-state index contributed by atoms with van der Waals surface area (Å²) in [6.45, 7) is 1.91. The van der Waals surface area contributed by atoms with Crippen LogP contribution >= 0.6 is 15.9 Å². The molecule has 0 radical (unpaired) electrons. The van der Waals surface area contributed by atoms with Crippen LogP contribution in [0.2, 0.25) is 0 Å². The lowest BCUT2D eigenvalue weighted by molar-refractivity contribution is -0.112. The molecule has 2 N–H and O–H groups in total. The Bertz CT molecular complexity index is 854. The number of rotatable bonds is 4. The lowest BCUT2D eigenvalue weighted by Crippen LogP contribution is -2.13. The Morgan fingerprint density at radius 1 is 1.38 bits per heavy atom. The van der Waals surface area contributed by atoms with Crippen molar-refractivity contribution in [1.29, 1.82) is 5.26 Å². The summed E-state index contributed by atoms with van der Waals surface area (Å²) in [7, 11) is 1.42. The summed E-state index contributed by atoms with van der Waals surface area (Å²) in [6.07, 6.45) is 1.43. The van der Waals surface area contributed by atoms with Crippen molar-refractivity contribution in [3.05, 3.63) is 57.6 Å². The summed E-state index contributed by atoms with van der Waals surface area (Å²) in [6, 6.07) is 12.2. The van der Waals surface area contributed by atoms with E-state index in [0.29, 0.717) is 15.7 Å². The molecule has 0 saturated heterocycles. The van der Waals surface area contributed by atoms with Crippen LogP contribution in [0.25, 0.3) is 6.08 Å². The number of carbonyl (C=O) groups excluding carboxylic acids is 1. The van der Waals surface area contributed by atoms with E-state index in [1.54, 1.807) is 6.07 Å². The quantitative estimate of drug-likeness (QED) is 0.613. The fraction of sp³-hybridized carbons (Fsp3) is 0.111. The first-order valence-corrected chi connectivity index (χ1v) is 7.80. The fourth-order valence-electron chi connectivity index (χ4n) is 2.06. The number of nitriles is 1. The Kier molecular flexibility index (Phi) is 5.61. The predicted octanol–water partition coefficient (Wildman–Crippen LogP) is 4.02. The van der Waals surface area contributed by atoms with Crippen molar-refractivity contribution in [2.45, 2.75) is 6.92 Å². The minimum absolute atomic E-state index is 0.0377. The molecule has 0 aliphatic heterocycles. The third-order valence-electron chi connectivity index (χ3n) is 3.24. The lowest BCUT2D eigenvalue weighted by Gasteiger charge is -2.08. The van der Waals surface area contributed by atoms with Gasteiger partial charge >= 0.3 is 0 Å². The molecule has 122 valence electrons. The first-order valence-electron chi connectivity index (χ1n) is 7.01. The maximum Gasteiger partial charge on any atom is 0.266 e. The summed E-state index contributed by atoms with van der Waals surface area (Å²) in [4.78, 5) is 12.3. The predicted molar refractivity (Wildman–Crippen MR) is 95.8 cm³/mol. The number of nitrogens with zero attached hydrogens (tertiary/aromatic N) is 1. The zero-order valence-electron chi connectivity index (χ0n) is 13.1. The fourth-order valence-corrected chi connectivity index (χ4v) is 2.50. The molecular weight excluding hydrogens is 372 g/mol. The molecule has 2 rings (SSSR count). The van der Waals surface area contributed by atoms with Gasteiger partial charge in [0.25, 0.3) is 5.91 Å². The van der Waals surface area contributed by atoms with Crippen LogP contribution in [0.15, 0.2) is 46.4 Å². The van der Waals surface area contributed by atoms with Gasteiger partial charge in [-0.15, -0.1) is 0 Å². The second kappa shape index (κ2) is 7.66. The van der Waals surface area contributed by atoms with Crippen LogP contribution in [-0.4, -0.2) is 18.1 Å². The number of amides is 1. The normalized spacial score (nSPS) is 10.8. The molecule has 0 spiro atoms. The number of carbonyl (C=O) groups is 1. The number of aryl methyl sites for hydroxylation is 1. The van der Waals surface area contributed by atoms with E-state index in [2.05, 4.69) is 21.2 Å². The molecule has 0 heterocycles. The highest BCUT2D eigenvalue weighted by Gasteiger charge is 2.12. The Morgan fingerprint density at radius 3 is 2.75 bits per heavy atom. The van der Waals surface area contributed by atoms with Gasteiger partial charge in [0.2, 0.25) is 0 Å². The van der Waals surface area contributed by atoms with Gasteiger partial charge in [-0.25, -0.2) is 0 Å². The summed E-state index contributed by atoms with van der Waals surface area (Å²) in [5.74, 6) is -0.299. The number of hydrogen-bond donors (Lipinski definition) is 2. The monoisotopic (exact) mass is 386 g/mol. The molecular formula is C18H15BrN2O3. The third kappa shape index (κ3) is 4.15. The SMILES string of the molecule is COc1cc(/C=C(/C#N)C(=O)Nc2cccc(C)c2)c(Br)cc1O. The molecule has 6 heteroatoms. The van der Waals surface area contributed by atoms with Gasteiger partial charge < -0.3 is 15.2 Å². The second-order valence-electron chi connectivity index (χ2n) is 5.04. The number of methoxy groups -OCH3 is 1. The molecule has 2 aromatic rings. The van der Waals surface area contributed by atoms with Crippen LogP contribution in [-0.2, 0) is 4.79 Å². The summed E-state index contributed by atoms with van der Waals surface area (Å²) < 4.78 is 5.58. The van der Waals surface area contributed by atoms with Gasteiger partial charge in [-0.3, -0.25) is 4.79 Å². The lowest BCUT2D eigenvalue weighted by atomic mass is 10.1. The van der Waals surface area contributed by atoms with E-state index >= 15 is 0 Å². The van der Waals surface area contributed by atoms with Crippen molar-refractivity contribution in [2.75, 3.05) is 12.4 Å². The first kappa shape index (κ1) is 17.6.